The number of nitrogens with zero attached hydrogens (tertiary/aromatic N) is 1. The first-order chi connectivity index (χ1) is 15.0. The first-order valence-electron chi connectivity index (χ1n) is 11.5. The average Bonchev–Trinajstić information content (AvgIpc) is 3.41. The van der Waals surface area contributed by atoms with Crippen LogP contribution >= 0.6 is 0 Å². The lowest BCUT2D eigenvalue weighted by molar-refractivity contribution is -0.133. The quantitative estimate of drug-likeness (QED) is 0.453. The van der Waals surface area contributed by atoms with Gasteiger partial charge < -0.3 is 26.2 Å². The van der Waals surface area contributed by atoms with E-state index in [0.717, 1.165) is 6.42 Å². The molecule has 178 valence electrons. The number of carbonyl (C=O) groups is 4. The van der Waals surface area contributed by atoms with E-state index in [1.165, 1.54) is 4.90 Å². The number of nitrogens with one attached hydrogen (secondary N) is 2. The highest BCUT2D eigenvalue weighted by atomic mass is 16.6. The number of amides is 4. The molecule has 0 aromatic rings. The summed E-state index contributed by atoms with van der Waals surface area (Å²) in [5.74, 6) is -1.64. The molecule has 4 rings (SSSR count). The number of aliphatic hydroxyl groups is 1. The van der Waals surface area contributed by atoms with Gasteiger partial charge in [0, 0.05) is 19.0 Å². The van der Waals surface area contributed by atoms with Crippen molar-refractivity contribution in [2.24, 2.45) is 35.3 Å². The Morgan fingerprint density at radius 1 is 1.28 bits per heavy atom. The summed E-state index contributed by atoms with van der Waals surface area (Å²) in [6, 6.07) is -1.86. The zero-order valence-electron chi connectivity index (χ0n) is 18.9. The van der Waals surface area contributed by atoms with Gasteiger partial charge in [0.15, 0.2) is 0 Å². The van der Waals surface area contributed by atoms with Crippen molar-refractivity contribution in [1.29, 1.82) is 0 Å². The normalized spacial score (nSPS) is 36.6. The van der Waals surface area contributed by atoms with Gasteiger partial charge in [0.2, 0.25) is 17.7 Å². The SMILES string of the molecule is CC(C)(C)OC(=O)N1C[C@@H]2[C@H]3C[C@@H]([C@@H]2[C@H]1C(=O)N[C@@H](C[C@@H]1CCNC1=O)C(N)=O)[C@H](O)C3. The van der Waals surface area contributed by atoms with Crippen LogP contribution in [0, 0.1) is 29.6 Å². The molecule has 0 unspecified atom stereocenters. The monoisotopic (exact) mass is 450 g/mol. The number of ether oxygens (including phenoxy) is 1. The molecule has 2 saturated heterocycles. The molecule has 8 atom stereocenters. The molecule has 2 aliphatic heterocycles. The lowest BCUT2D eigenvalue weighted by atomic mass is 9.77. The summed E-state index contributed by atoms with van der Waals surface area (Å²) >= 11 is 0. The maximum absolute atomic E-state index is 13.5. The number of carbonyl (C=O) groups excluding carboxylic acids is 4. The summed E-state index contributed by atoms with van der Waals surface area (Å²) in [6.07, 6.45) is 1.14. The van der Waals surface area contributed by atoms with Crippen molar-refractivity contribution in [3.8, 4) is 0 Å². The number of fused-ring (bicyclic) bond motifs is 5. The lowest BCUT2D eigenvalue weighted by Crippen LogP contribution is -2.56. The van der Waals surface area contributed by atoms with Gasteiger partial charge in [-0.1, -0.05) is 0 Å². The Kier molecular flexibility index (Phi) is 5.85. The third-order valence-electron chi connectivity index (χ3n) is 7.56. The second-order valence-electron chi connectivity index (χ2n) is 10.8. The molecule has 4 fully saturated rings. The minimum absolute atomic E-state index is 0.0687. The van der Waals surface area contributed by atoms with Gasteiger partial charge in [0.1, 0.15) is 17.7 Å². The Hall–Kier alpha value is -2.36. The number of primary amides is 1. The molecule has 10 nitrogen and oxygen atoms in total. The molecular formula is C22H34N4O6. The van der Waals surface area contributed by atoms with Crippen LogP contribution in [0.5, 0.6) is 0 Å². The smallest absolute Gasteiger partial charge is 0.410 e. The van der Waals surface area contributed by atoms with Crippen molar-refractivity contribution in [1.82, 2.24) is 15.5 Å². The Bertz CT molecular complexity index is 811. The van der Waals surface area contributed by atoms with E-state index < -0.39 is 47.6 Å². The van der Waals surface area contributed by atoms with Crippen LogP contribution in [-0.4, -0.2) is 70.7 Å². The second kappa shape index (κ2) is 8.20. The fraction of sp³-hybridized carbons (Fsp3) is 0.818. The molecule has 5 N–H and O–H groups in total. The Morgan fingerprint density at radius 3 is 2.59 bits per heavy atom. The van der Waals surface area contributed by atoms with Crippen molar-refractivity contribution in [3.63, 3.8) is 0 Å². The first kappa shape index (κ1) is 22.8. The summed E-state index contributed by atoms with van der Waals surface area (Å²) in [5, 5.41) is 15.9. The summed E-state index contributed by atoms with van der Waals surface area (Å²) in [4.78, 5) is 51.9. The Morgan fingerprint density at radius 2 is 2.00 bits per heavy atom. The van der Waals surface area contributed by atoms with Crippen molar-refractivity contribution in [2.75, 3.05) is 13.1 Å². The third kappa shape index (κ3) is 4.16. The van der Waals surface area contributed by atoms with E-state index in [1.807, 2.05) is 0 Å². The van der Waals surface area contributed by atoms with Crippen LogP contribution in [0.25, 0.3) is 0 Å². The summed E-state index contributed by atoms with van der Waals surface area (Å²) < 4.78 is 5.56. The molecule has 32 heavy (non-hydrogen) atoms. The van der Waals surface area contributed by atoms with Gasteiger partial charge in [-0.2, -0.15) is 0 Å². The molecule has 2 aliphatic carbocycles. The standard InChI is InChI=1S/C22H34N4O6/c1-22(2,3)32-21(31)26-9-13-11-6-12(15(27)8-11)16(13)17(26)20(30)25-14(18(23)28)7-10-4-5-24-19(10)29/h10-17,27H,4-9H2,1-3H3,(H2,23,28)(H,24,29)(H,25,30)/t10-,11-,12+,13+,14-,15+,16-,17-/m0/s1. The molecule has 2 bridgehead atoms. The number of aliphatic hydroxyl groups excluding tert-OH is 1. The summed E-state index contributed by atoms with van der Waals surface area (Å²) in [6.45, 7) is 6.21. The number of hydrogen-bond donors (Lipinski definition) is 4. The maximum Gasteiger partial charge on any atom is 0.410 e. The van der Waals surface area contributed by atoms with E-state index in [0.29, 0.717) is 25.9 Å². The minimum Gasteiger partial charge on any atom is -0.444 e. The fourth-order valence-electron chi connectivity index (χ4n) is 6.25. The number of rotatable bonds is 5. The molecule has 2 heterocycles. The van der Waals surface area contributed by atoms with Crippen LogP contribution in [0.4, 0.5) is 4.79 Å². The molecule has 2 saturated carbocycles. The molecule has 0 aromatic carbocycles. The molecule has 10 heteroatoms. The molecule has 0 aromatic heterocycles. The van der Waals surface area contributed by atoms with Gasteiger partial charge in [-0.15, -0.1) is 0 Å². The summed E-state index contributed by atoms with van der Waals surface area (Å²) in [7, 11) is 0. The Labute approximate surface area is 187 Å². The highest BCUT2D eigenvalue weighted by molar-refractivity contribution is 5.92. The van der Waals surface area contributed by atoms with Crippen LogP contribution < -0.4 is 16.4 Å². The van der Waals surface area contributed by atoms with Crippen LogP contribution in [0.3, 0.4) is 0 Å². The largest absolute Gasteiger partial charge is 0.444 e. The van der Waals surface area contributed by atoms with Gasteiger partial charge >= 0.3 is 6.09 Å². The lowest BCUT2D eigenvalue weighted by Gasteiger charge is -2.33. The molecular weight excluding hydrogens is 416 g/mol. The van der Waals surface area contributed by atoms with Gasteiger partial charge in [-0.3, -0.25) is 19.3 Å². The predicted octanol–water partition coefficient (Wildman–Crippen LogP) is -0.265. The van der Waals surface area contributed by atoms with Gasteiger partial charge in [0.05, 0.1) is 6.10 Å². The van der Waals surface area contributed by atoms with E-state index in [4.69, 9.17) is 10.5 Å². The molecule has 4 amide bonds. The van der Waals surface area contributed by atoms with E-state index in [9.17, 15) is 24.3 Å². The highest BCUT2D eigenvalue weighted by Gasteiger charge is 2.62. The van der Waals surface area contributed by atoms with Crippen LogP contribution in [0.15, 0.2) is 0 Å². The van der Waals surface area contributed by atoms with Crippen molar-refractivity contribution < 1.29 is 29.0 Å². The molecule has 4 aliphatic rings. The highest BCUT2D eigenvalue weighted by Crippen LogP contribution is 2.57. The van der Waals surface area contributed by atoms with E-state index >= 15 is 0 Å². The molecule has 0 spiro atoms. The fourth-order valence-corrected chi connectivity index (χ4v) is 6.25. The van der Waals surface area contributed by atoms with E-state index in [2.05, 4.69) is 10.6 Å². The van der Waals surface area contributed by atoms with Crippen LogP contribution in [0.1, 0.15) is 46.5 Å². The van der Waals surface area contributed by atoms with E-state index in [1.54, 1.807) is 20.8 Å². The minimum atomic E-state index is -1.01. The van der Waals surface area contributed by atoms with Gasteiger partial charge in [-0.05, 0) is 70.1 Å². The topological polar surface area (TPSA) is 151 Å². The van der Waals surface area contributed by atoms with Crippen molar-refractivity contribution in [2.45, 2.75) is 70.2 Å². The van der Waals surface area contributed by atoms with Crippen LogP contribution in [0.2, 0.25) is 0 Å². The van der Waals surface area contributed by atoms with E-state index in [-0.39, 0.29) is 36.0 Å². The summed E-state index contributed by atoms with van der Waals surface area (Å²) in [5.41, 5.74) is 4.82. The van der Waals surface area contributed by atoms with Crippen molar-refractivity contribution >= 4 is 23.8 Å². The second-order valence-corrected chi connectivity index (χ2v) is 10.8. The number of hydrogen-bond acceptors (Lipinski definition) is 6. The Balaban J connectivity index is 1.55. The zero-order valence-corrected chi connectivity index (χ0v) is 18.9. The van der Waals surface area contributed by atoms with Gasteiger partial charge in [-0.25, -0.2) is 4.79 Å². The predicted molar refractivity (Wildman–Crippen MR) is 113 cm³/mol. The number of likely N-dealkylation sites (tertiary alicyclic amines) is 1. The first-order valence-corrected chi connectivity index (χ1v) is 11.5. The van der Waals surface area contributed by atoms with Crippen LogP contribution in [-0.2, 0) is 19.1 Å². The zero-order chi connectivity index (χ0) is 23.4. The van der Waals surface area contributed by atoms with Gasteiger partial charge in [0.25, 0.3) is 0 Å². The number of nitrogens with two attached hydrogens (primary N) is 1. The maximum atomic E-state index is 13.5. The van der Waals surface area contributed by atoms with Crippen molar-refractivity contribution in [3.05, 3.63) is 0 Å². The third-order valence-corrected chi connectivity index (χ3v) is 7.56. The average molecular weight is 451 g/mol. The molecule has 0 radical (unpaired) electrons.